The number of nitrogens with one attached hydrogen (secondary N) is 1. The first-order valence-corrected chi connectivity index (χ1v) is 10.5. The van der Waals surface area contributed by atoms with Gasteiger partial charge in [0.15, 0.2) is 18.1 Å². The summed E-state index contributed by atoms with van der Waals surface area (Å²) >= 11 is 0. The zero-order valence-electron chi connectivity index (χ0n) is 16.0. The Labute approximate surface area is 169 Å². The Morgan fingerprint density at radius 3 is 2.59 bits per heavy atom. The minimum absolute atomic E-state index is 0.143. The molecule has 0 unspecified atom stereocenters. The second kappa shape index (κ2) is 9.06. The molecular formula is C20H22N2O6S. The number of benzene rings is 2. The summed E-state index contributed by atoms with van der Waals surface area (Å²) < 4.78 is 37.4. The summed E-state index contributed by atoms with van der Waals surface area (Å²) in [4.78, 5) is 23.2. The van der Waals surface area contributed by atoms with Crippen molar-refractivity contribution in [2.75, 3.05) is 32.1 Å². The predicted octanol–water partition coefficient (Wildman–Crippen LogP) is 2.31. The fraction of sp³-hybridized carbons (Fsp3) is 0.300. The van der Waals surface area contributed by atoms with Gasteiger partial charge in [-0.25, -0.2) is 8.42 Å². The van der Waals surface area contributed by atoms with E-state index in [2.05, 4.69) is 5.32 Å². The number of aldehydes is 1. The van der Waals surface area contributed by atoms with Crippen LogP contribution in [-0.2, 0) is 14.8 Å². The molecule has 1 aliphatic heterocycles. The van der Waals surface area contributed by atoms with Gasteiger partial charge in [-0.1, -0.05) is 6.07 Å². The van der Waals surface area contributed by atoms with Crippen molar-refractivity contribution in [2.45, 2.75) is 17.7 Å². The molecule has 0 spiro atoms. The Balaban J connectivity index is 1.65. The van der Waals surface area contributed by atoms with Gasteiger partial charge in [0.25, 0.3) is 5.91 Å². The lowest BCUT2D eigenvalue weighted by molar-refractivity contribution is -0.118. The van der Waals surface area contributed by atoms with Gasteiger partial charge in [-0.15, -0.1) is 0 Å². The second-order valence-corrected chi connectivity index (χ2v) is 8.44. The van der Waals surface area contributed by atoms with Gasteiger partial charge in [0.2, 0.25) is 10.0 Å². The van der Waals surface area contributed by atoms with Crippen LogP contribution in [-0.4, -0.2) is 51.7 Å². The van der Waals surface area contributed by atoms with Crippen molar-refractivity contribution in [3.63, 3.8) is 0 Å². The molecule has 154 valence electrons. The first-order chi connectivity index (χ1) is 13.9. The van der Waals surface area contributed by atoms with Crippen LogP contribution in [0.3, 0.4) is 0 Å². The third kappa shape index (κ3) is 4.93. The number of rotatable bonds is 8. The highest BCUT2D eigenvalue weighted by Gasteiger charge is 2.27. The van der Waals surface area contributed by atoms with E-state index in [0.717, 1.165) is 12.8 Å². The molecule has 1 heterocycles. The average Bonchev–Trinajstić information content (AvgIpc) is 3.28. The largest absolute Gasteiger partial charge is 0.493 e. The summed E-state index contributed by atoms with van der Waals surface area (Å²) in [5.41, 5.74) is 0.789. The number of hydrogen-bond acceptors (Lipinski definition) is 6. The van der Waals surface area contributed by atoms with Crippen LogP contribution in [0.4, 0.5) is 5.69 Å². The Kier molecular flexibility index (Phi) is 6.50. The Morgan fingerprint density at radius 2 is 1.90 bits per heavy atom. The molecule has 2 aromatic rings. The van der Waals surface area contributed by atoms with Crippen molar-refractivity contribution in [3.05, 3.63) is 48.0 Å². The zero-order valence-corrected chi connectivity index (χ0v) is 16.8. The highest BCUT2D eigenvalue weighted by molar-refractivity contribution is 7.89. The number of ether oxygens (including phenoxy) is 2. The normalized spacial score (nSPS) is 14.4. The Morgan fingerprint density at radius 1 is 1.14 bits per heavy atom. The number of sulfonamides is 1. The molecule has 3 rings (SSSR count). The molecule has 1 saturated heterocycles. The third-order valence-electron chi connectivity index (χ3n) is 4.50. The number of anilines is 1. The van der Waals surface area contributed by atoms with E-state index >= 15 is 0 Å². The van der Waals surface area contributed by atoms with Gasteiger partial charge in [-0.2, -0.15) is 4.31 Å². The summed E-state index contributed by atoms with van der Waals surface area (Å²) in [5.74, 6) is 0.196. The molecule has 1 aliphatic rings. The number of carbonyl (C=O) groups is 2. The molecule has 1 N–H and O–H groups in total. The van der Waals surface area contributed by atoms with E-state index in [1.165, 1.54) is 29.6 Å². The van der Waals surface area contributed by atoms with Gasteiger partial charge in [-0.3, -0.25) is 9.59 Å². The monoisotopic (exact) mass is 418 g/mol. The van der Waals surface area contributed by atoms with Gasteiger partial charge in [-0.05, 0) is 49.2 Å². The topological polar surface area (TPSA) is 102 Å². The quantitative estimate of drug-likeness (QED) is 0.660. The van der Waals surface area contributed by atoms with E-state index in [-0.39, 0.29) is 11.5 Å². The molecule has 1 amide bonds. The van der Waals surface area contributed by atoms with Crippen molar-refractivity contribution < 1.29 is 27.5 Å². The van der Waals surface area contributed by atoms with Crippen LogP contribution in [0.2, 0.25) is 0 Å². The summed E-state index contributed by atoms with van der Waals surface area (Å²) in [6, 6.07) is 10.7. The van der Waals surface area contributed by atoms with E-state index in [9.17, 15) is 18.0 Å². The van der Waals surface area contributed by atoms with Crippen LogP contribution in [0.15, 0.2) is 47.4 Å². The number of amides is 1. The van der Waals surface area contributed by atoms with Crippen LogP contribution >= 0.6 is 0 Å². The second-order valence-electron chi connectivity index (χ2n) is 6.50. The first-order valence-electron chi connectivity index (χ1n) is 9.10. The molecule has 0 atom stereocenters. The minimum Gasteiger partial charge on any atom is -0.493 e. The Bertz CT molecular complexity index is 1000. The summed E-state index contributed by atoms with van der Waals surface area (Å²) in [6.45, 7) is 0.717. The zero-order chi connectivity index (χ0) is 20.9. The number of methoxy groups -OCH3 is 1. The van der Waals surface area contributed by atoms with E-state index in [0.29, 0.717) is 42.1 Å². The summed E-state index contributed by atoms with van der Waals surface area (Å²) in [6.07, 6.45) is 2.39. The first kappa shape index (κ1) is 20.8. The molecule has 9 heteroatoms. The fourth-order valence-electron chi connectivity index (χ4n) is 3.03. The average molecular weight is 418 g/mol. The van der Waals surface area contributed by atoms with Crippen molar-refractivity contribution in [2.24, 2.45) is 0 Å². The van der Waals surface area contributed by atoms with Gasteiger partial charge >= 0.3 is 0 Å². The van der Waals surface area contributed by atoms with E-state index in [1.807, 2.05) is 0 Å². The summed E-state index contributed by atoms with van der Waals surface area (Å²) in [7, 11) is -2.13. The standard InChI is InChI=1S/C20H22N2O6S/c1-27-19-11-15(13-23)7-8-18(19)28-14-20(24)21-16-5-4-6-17(12-16)29(25,26)22-9-2-3-10-22/h4-8,11-13H,2-3,9-10,14H2,1H3,(H,21,24). The Hall–Kier alpha value is -2.91. The van der Waals surface area contributed by atoms with Crippen LogP contribution in [0.1, 0.15) is 23.2 Å². The maximum Gasteiger partial charge on any atom is 0.262 e. The molecule has 29 heavy (non-hydrogen) atoms. The lowest BCUT2D eigenvalue weighted by atomic mass is 10.2. The fourth-order valence-corrected chi connectivity index (χ4v) is 4.59. The molecule has 2 aromatic carbocycles. The molecule has 0 aliphatic carbocycles. The van der Waals surface area contributed by atoms with Crippen molar-refractivity contribution in [3.8, 4) is 11.5 Å². The van der Waals surface area contributed by atoms with Crippen LogP contribution in [0, 0.1) is 0 Å². The van der Waals surface area contributed by atoms with Gasteiger partial charge < -0.3 is 14.8 Å². The van der Waals surface area contributed by atoms with Crippen LogP contribution in [0.25, 0.3) is 0 Å². The number of hydrogen-bond donors (Lipinski definition) is 1. The minimum atomic E-state index is -3.56. The van der Waals surface area contributed by atoms with Gasteiger partial charge in [0.05, 0.1) is 12.0 Å². The molecule has 8 nitrogen and oxygen atoms in total. The lowest BCUT2D eigenvalue weighted by Gasteiger charge is -2.16. The van der Waals surface area contributed by atoms with Gasteiger partial charge in [0.1, 0.15) is 6.29 Å². The van der Waals surface area contributed by atoms with E-state index in [4.69, 9.17) is 9.47 Å². The maximum absolute atomic E-state index is 12.7. The third-order valence-corrected chi connectivity index (χ3v) is 6.40. The molecule has 0 aromatic heterocycles. The van der Waals surface area contributed by atoms with Crippen LogP contribution < -0.4 is 14.8 Å². The van der Waals surface area contributed by atoms with Crippen LogP contribution in [0.5, 0.6) is 11.5 Å². The smallest absolute Gasteiger partial charge is 0.262 e. The van der Waals surface area contributed by atoms with Gasteiger partial charge in [0, 0.05) is 24.3 Å². The highest BCUT2D eigenvalue weighted by Crippen LogP contribution is 2.27. The predicted molar refractivity (Wildman–Crippen MR) is 107 cm³/mol. The number of carbonyl (C=O) groups excluding carboxylic acids is 2. The molecule has 0 saturated carbocycles. The SMILES string of the molecule is COc1cc(C=O)ccc1OCC(=O)Nc1cccc(S(=O)(=O)N2CCCC2)c1. The lowest BCUT2D eigenvalue weighted by Crippen LogP contribution is -2.28. The van der Waals surface area contributed by atoms with Crippen molar-refractivity contribution in [1.29, 1.82) is 0 Å². The van der Waals surface area contributed by atoms with Crippen molar-refractivity contribution in [1.82, 2.24) is 4.31 Å². The van der Waals surface area contributed by atoms with E-state index in [1.54, 1.807) is 24.3 Å². The molecule has 0 bridgehead atoms. The maximum atomic E-state index is 12.7. The number of nitrogens with zero attached hydrogens (tertiary/aromatic N) is 1. The summed E-state index contributed by atoms with van der Waals surface area (Å²) in [5, 5.41) is 2.63. The molecule has 0 radical (unpaired) electrons. The van der Waals surface area contributed by atoms with Crippen molar-refractivity contribution >= 4 is 27.9 Å². The molecular weight excluding hydrogens is 396 g/mol. The highest BCUT2D eigenvalue weighted by atomic mass is 32.2. The van der Waals surface area contributed by atoms with E-state index < -0.39 is 15.9 Å². The molecule has 1 fully saturated rings.